The molecular formula is C16H22O2S. The van der Waals surface area contributed by atoms with Gasteiger partial charge in [-0.2, -0.15) is 0 Å². The third-order valence-electron chi connectivity index (χ3n) is 3.43. The molecule has 0 N–H and O–H groups in total. The highest BCUT2D eigenvalue weighted by Crippen LogP contribution is 2.33. The Labute approximate surface area is 119 Å². The van der Waals surface area contributed by atoms with Crippen LogP contribution in [-0.4, -0.2) is 22.9 Å². The first kappa shape index (κ1) is 14.4. The maximum atomic E-state index is 11.5. The number of hydrogen-bond acceptors (Lipinski definition) is 3. The molecule has 0 aromatic heterocycles. The lowest BCUT2D eigenvalue weighted by Gasteiger charge is -2.10. The van der Waals surface area contributed by atoms with E-state index in [2.05, 4.69) is 19.1 Å². The molecule has 0 saturated carbocycles. The van der Waals surface area contributed by atoms with Crippen molar-refractivity contribution in [3.63, 3.8) is 0 Å². The van der Waals surface area contributed by atoms with Crippen LogP contribution in [0.25, 0.3) is 0 Å². The van der Waals surface area contributed by atoms with Gasteiger partial charge >= 0.3 is 0 Å². The van der Waals surface area contributed by atoms with Crippen molar-refractivity contribution in [3.8, 4) is 5.75 Å². The van der Waals surface area contributed by atoms with Crippen molar-refractivity contribution in [2.24, 2.45) is 0 Å². The van der Waals surface area contributed by atoms with Crippen molar-refractivity contribution < 1.29 is 9.53 Å². The van der Waals surface area contributed by atoms with E-state index in [1.54, 1.807) is 0 Å². The number of hydrogen-bond donors (Lipinski definition) is 0. The van der Waals surface area contributed by atoms with Crippen LogP contribution in [0.5, 0.6) is 5.75 Å². The summed E-state index contributed by atoms with van der Waals surface area (Å²) in [5.74, 6) is 1.34. The molecule has 2 nitrogen and oxygen atoms in total. The van der Waals surface area contributed by atoms with E-state index in [1.807, 2.05) is 30.8 Å². The number of carbonyl (C=O) groups is 1. The summed E-state index contributed by atoms with van der Waals surface area (Å²) in [7, 11) is 0. The molecule has 0 amide bonds. The SMILES string of the molecule is CCCCOc1ccc(CC2CC(=O)C(C)S2)cc1. The zero-order valence-corrected chi connectivity index (χ0v) is 12.5. The Morgan fingerprint density at radius 1 is 1.32 bits per heavy atom. The number of carbonyl (C=O) groups excluding carboxylic acids is 1. The summed E-state index contributed by atoms with van der Waals surface area (Å²) in [4.78, 5) is 11.5. The van der Waals surface area contributed by atoms with Crippen molar-refractivity contribution in [3.05, 3.63) is 29.8 Å². The van der Waals surface area contributed by atoms with Gasteiger partial charge in [-0.3, -0.25) is 4.79 Å². The number of unbranched alkanes of at least 4 members (excludes halogenated alkanes) is 1. The van der Waals surface area contributed by atoms with Crippen molar-refractivity contribution in [1.82, 2.24) is 0 Å². The fourth-order valence-corrected chi connectivity index (χ4v) is 3.62. The molecule has 0 bridgehead atoms. The van der Waals surface area contributed by atoms with Gasteiger partial charge in [-0.15, -0.1) is 11.8 Å². The Morgan fingerprint density at radius 2 is 2.05 bits per heavy atom. The Morgan fingerprint density at radius 3 is 2.63 bits per heavy atom. The second kappa shape index (κ2) is 6.99. The van der Waals surface area contributed by atoms with Gasteiger partial charge in [0.05, 0.1) is 11.9 Å². The topological polar surface area (TPSA) is 26.3 Å². The van der Waals surface area contributed by atoms with E-state index >= 15 is 0 Å². The number of rotatable bonds is 6. The van der Waals surface area contributed by atoms with Crippen molar-refractivity contribution in [2.45, 2.75) is 50.0 Å². The molecule has 0 spiro atoms. The second-order valence-corrected chi connectivity index (χ2v) is 6.77. The number of ether oxygens (including phenoxy) is 1. The minimum Gasteiger partial charge on any atom is -0.494 e. The lowest BCUT2D eigenvalue weighted by molar-refractivity contribution is -0.117. The van der Waals surface area contributed by atoms with Crippen LogP contribution in [0.2, 0.25) is 0 Å². The molecule has 1 aliphatic rings. The minimum absolute atomic E-state index is 0.182. The molecule has 0 radical (unpaired) electrons. The zero-order valence-electron chi connectivity index (χ0n) is 11.7. The lowest BCUT2D eigenvalue weighted by Crippen LogP contribution is -2.05. The third-order valence-corrected chi connectivity index (χ3v) is 4.82. The number of ketones is 1. The second-order valence-electron chi connectivity index (χ2n) is 5.12. The molecule has 1 aromatic carbocycles. The summed E-state index contributed by atoms with van der Waals surface area (Å²) in [6, 6.07) is 8.32. The third kappa shape index (κ3) is 4.27. The fourth-order valence-electron chi connectivity index (χ4n) is 2.24. The predicted octanol–water partition coefficient (Wildman–Crippen LogP) is 3.87. The highest BCUT2D eigenvalue weighted by molar-refractivity contribution is 8.01. The van der Waals surface area contributed by atoms with E-state index in [9.17, 15) is 4.79 Å². The highest BCUT2D eigenvalue weighted by atomic mass is 32.2. The van der Waals surface area contributed by atoms with Crippen molar-refractivity contribution in [1.29, 1.82) is 0 Å². The molecule has 0 aliphatic carbocycles. The number of Topliss-reactive ketones (excluding diaryl/α,β-unsaturated/α-hetero) is 1. The maximum Gasteiger partial charge on any atom is 0.146 e. The Balaban J connectivity index is 1.83. The minimum atomic E-state index is 0.182. The van der Waals surface area contributed by atoms with Gasteiger partial charge in [0.25, 0.3) is 0 Å². The Kier molecular flexibility index (Phi) is 5.32. The average molecular weight is 278 g/mol. The first-order valence-electron chi connectivity index (χ1n) is 7.09. The largest absolute Gasteiger partial charge is 0.494 e. The van der Waals surface area contributed by atoms with E-state index in [4.69, 9.17) is 4.74 Å². The number of benzene rings is 1. The highest BCUT2D eigenvalue weighted by Gasteiger charge is 2.29. The first-order chi connectivity index (χ1) is 9.19. The van der Waals surface area contributed by atoms with E-state index in [0.717, 1.165) is 38.0 Å². The molecule has 104 valence electrons. The van der Waals surface area contributed by atoms with Gasteiger partial charge in [0.2, 0.25) is 0 Å². The molecule has 3 heteroatoms. The van der Waals surface area contributed by atoms with Gasteiger partial charge in [-0.25, -0.2) is 0 Å². The van der Waals surface area contributed by atoms with Gasteiger partial charge in [0.1, 0.15) is 11.5 Å². The molecule has 19 heavy (non-hydrogen) atoms. The molecule has 2 unspecified atom stereocenters. The van der Waals surface area contributed by atoms with Crippen molar-refractivity contribution in [2.75, 3.05) is 6.61 Å². The normalized spacial score (nSPS) is 22.7. The van der Waals surface area contributed by atoms with Crippen LogP contribution in [-0.2, 0) is 11.2 Å². The van der Waals surface area contributed by atoms with Gasteiger partial charge in [0.15, 0.2) is 0 Å². The monoisotopic (exact) mass is 278 g/mol. The van der Waals surface area contributed by atoms with Crippen LogP contribution in [0.15, 0.2) is 24.3 Å². The Bertz CT molecular complexity index is 413. The van der Waals surface area contributed by atoms with Crippen LogP contribution in [0.1, 0.15) is 38.7 Å². The molecule has 1 heterocycles. The van der Waals surface area contributed by atoms with Crippen LogP contribution < -0.4 is 4.74 Å². The van der Waals surface area contributed by atoms with Gasteiger partial charge in [-0.1, -0.05) is 25.5 Å². The molecular weight excluding hydrogens is 256 g/mol. The molecule has 1 saturated heterocycles. The van der Waals surface area contributed by atoms with Crippen LogP contribution in [0.4, 0.5) is 0 Å². The molecule has 1 fully saturated rings. The molecule has 1 aliphatic heterocycles. The average Bonchev–Trinajstić information content (AvgIpc) is 2.71. The molecule has 2 atom stereocenters. The first-order valence-corrected chi connectivity index (χ1v) is 8.03. The summed E-state index contributed by atoms with van der Waals surface area (Å²) >= 11 is 1.81. The summed E-state index contributed by atoms with van der Waals surface area (Å²) in [6.07, 6.45) is 3.96. The van der Waals surface area contributed by atoms with Crippen LogP contribution >= 0.6 is 11.8 Å². The smallest absolute Gasteiger partial charge is 0.146 e. The Hall–Kier alpha value is -0.960. The fraction of sp³-hybridized carbons (Fsp3) is 0.562. The molecule has 1 aromatic rings. The summed E-state index contributed by atoms with van der Waals surface area (Å²) in [6.45, 7) is 4.96. The summed E-state index contributed by atoms with van der Waals surface area (Å²) in [5.41, 5.74) is 1.29. The molecule has 2 rings (SSSR count). The van der Waals surface area contributed by atoms with E-state index in [0.29, 0.717) is 11.0 Å². The van der Waals surface area contributed by atoms with E-state index in [1.165, 1.54) is 5.56 Å². The van der Waals surface area contributed by atoms with Gasteiger partial charge in [-0.05, 0) is 37.5 Å². The maximum absolute atomic E-state index is 11.5. The van der Waals surface area contributed by atoms with Gasteiger partial charge in [0, 0.05) is 11.7 Å². The lowest BCUT2D eigenvalue weighted by atomic mass is 10.1. The summed E-state index contributed by atoms with van der Waals surface area (Å²) < 4.78 is 5.65. The quantitative estimate of drug-likeness (QED) is 0.739. The van der Waals surface area contributed by atoms with E-state index < -0.39 is 0 Å². The van der Waals surface area contributed by atoms with Gasteiger partial charge < -0.3 is 4.74 Å². The predicted molar refractivity (Wildman–Crippen MR) is 81.0 cm³/mol. The van der Waals surface area contributed by atoms with E-state index in [-0.39, 0.29) is 5.25 Å². The van der Waals surface area contributed by atoms with Crippen LogP contribution in [0, 0.1) is 0 Å². The van der Waals surface area contributed by atoms with Crippen molar-refractivity contribution >= 4 is 17.5 Å². The van der Waals surface area contributed by atoms with Crippen LogP contribution in [0.3, 0.4) is 0 Å². The standard InChI is InChI=1S/C16H22O2S/c1-3-4-9-18-14-7-5-13(6-8-14)10-15-11-16(17)12(2)19-15/h5-8,12,15H,3-4,9-11H2,1-2H3. The number of thioether (sulfide) groups is 1. The summed E-state index contributed by atoms with van der Waals surface area (Å²) in [5, 5.41) is 0.635. The zero-order chi connectivity index (χ0) is 13.7.